The maximum atomic E-state index is 13.5. The molecule has 5 atom stereocenters. The number of benzene rings is 6. The Hall–Kier alpha value is -14.2. The summed E-state index contributed by atoms with van der Waals surface area (Å²) in [6, 6.07) is 41.3. The number of rotatable bonds is 50. The molecule has 0 fully saturated rings. The fourth-order valence-electron chi connectivity index (χ4n) is 14.2. The van der Waals surface area contributed by atoms with Gasteiger partial charge in [-0.1, -0.05) is 157 Å². The molecule has 0 saturated heterocycles. The number of unbranched alkanes of at least 4 members (excludes halogenated alkanes) is 3. The average Bonchev–Trinajstić information content (AvgIpc) is 0.826. The number of ether oxygens (including phenoxy) is 8. The number of nitrogens with zero attached hydrogens (tertiary/aromatic N) is 6. The first-order chi connectivity index (χ1) is 66.8. The minimum Gasteiger partial charge on any atom is -0.462 e. The summed E-state index contributed by atoms with van der Waals surface area (Å²) in [5.41, 5.74) is 4.70. The van der Waals surface area contributed by atoms with Crippen LogP contribution in [0.4, 0.5) is 69.8 Å². The Balaban J connectivity index is 0.000000386. The summed E-state index contributed by atoms with van der Waals surface area (Å²) < 4.78 is 44.2. The average molecular weight is 1940 g/mol. The standard InChI is InChI=1S/C59H80N6O10.C50H64N8O8/c1-14-15-16-29-71-52(66)46-21-27-49(28-22-46)62-59-64-57(60-47-23-17-44(18-24-47)34-50(53(67)72-40(10)30-36(2)3)54(68)73-41(11)31-37(4)5)63-58(65-59)61-48-25-19-45(20-26-48)35-51(55(69)74-42(12)32-38(6)7)56(70)75-43(13)33-39(8)9;1-11-15-16-32(12-2)31-66-43(61)35-21-27-38(28-22-35)53-48-55-46(51-36-23-17-33(18-24-36)29-39(44(62)64-13-3)41(59)57-49(5,6)7)54-47(56-48)52-37-25-19-34(20-26-37)30-40(45(63)65-14-4)42(60)58-50(8,9)10/h17-28,34-43H,14-16,29-33H2,1-13H3,(H3,60,61,62,63,64,65);17-30,32H,11-16,31H2,1-10H3,(H,57,59)(H,58,60)(H3,51,52,53,54,55,56)/b;39-29+,40-30+. The number of carbonyl (C=O) groups is 10. The van der Waals surface area contributed by atoms with Crippen molar-refractivity contribution in [1.82, 2.24) is 40.5 Å². The van der Waals surface area contributed by atoms with Crippen molar-refractivity contribution < 1.29 is 85.8 Å². The van der Waals surface area contributed by atoms with Gasteiger partial charge in [-0.05, 0) is 295 Å². The van der Waals surface area contributed by atoms with E-state index in [1.807, 2.05) is 96.9 Å². The van der Waals surface area contributed by atoms with Gasteiger partial charge in [0.05, 0.1) is 62.0 Å². The van der Waals surface area contributed by atoms with Gasteiger partial charge in [0.2, 0.25) is 35.7 Å². The molecular formula is C109H144N14O18. The summed E-state index contributed by atoms with van der Waals surface area (Å²) in [5, 5.41) is 24.8. The van der Waals surface area contributed by atoms with E-state index in [-0.39, 0.29) is 94.9 Å². The second-order valence-electron chi connectivity index (χ2n) is 38.3. The van der Waals surface area contributed by atoms with Crippen molar-refractivity contribution in [3.05, 3.63) is 201 Å². The molecule has 8 aromatic rings. The first-order valence-corrected chi connectivity index (χ1v) is 48.6. The molecule has 141 heavy (non-hydrogen) atoms. The van der Waals surface area contributed by atoms with E-state index in [4.69, 9.17) is 37.9 Å². The zero-order valence-electron chi connectivity index (χ0n) is 86.0. The zero-order chi connectivity index (χ0) is 104. The van der Waals surface area contributed by atoms with Crippen LogP contribution in [0.1, 0.15) is 273 Å². The van der Waals surface area contributed by atoms with Crippen molar-refractivity contribution in [2.24, 2.45) is 29.6 Å². The molecule has 8 rings (SSSR count). The lowest BCUT2D eigenvalue weighted by Crippen LogP contribution is -2.42. The van der Waals surface area contributed by atoms with Crippen LogP contribution in [0.5, 0.6) is 0 Å². The Kier molecular flexibility index (Phi) is 45.8. The van der Waals surface area contributed by atoms with Crippen LogP contribution in [0.3, 0.4) is 0 Å². The minimum atomic E-state index is -0.760. The monoisotopic (exact) mass is 1940 g/mol. The molecule has 6 aromatic carbocycles. The Morgan fingerprint density at radius 2 is 0.553 bits per heavy atom. The molecule has 0 bridgehead atoms. The number of amides is 2. The topological polar surface area (TPSA) is 418 Å². The highest BCUT2D eigenvalue weighted by Crippen LogP contribution is 2.30. The van der Waals surface area contributed by atoms with Crippen molar-refractivity contribution in [2.45, 2.75) is 265 Å². The van der Waals surface area contributed by atoms with Gasteiger partial charge in [0.15, 0.2) is 0 Å². The van der Waals surface area contributed by atoms with Crippen LogP contribution in [-0.4, -0.2) is 151 Å². The molecule has 0 saturated carbocycles. The molecule has 2 heterocycles. The summed E-state index contributed by atoms with van der Waals surface area (Å²) in [6.45, 7) is 45.0. The molecular weight excluding hydrogens is 1790 g/mol. The second kappa shape index (κ2) is 56.8. The number of hydrogen-bond acceptors (Lipinski definition) is 30. The summed E-state index contributed by atoms with van der Waals surface area (Å²) in [7, 11) is 0. The van der Waals surface area contributed by atoms with E-state index in [0.717, 1.165) is 44.9 Å². The van der Waals surface area contributed by atoms with E-state index in [9.17, 15) is 47.9 Å². The number of hydrogen-bond donors (Lipinski definition) is 8. The van der Waals surface area contributed by atoms with Crippen molar-refractivity contribution in [2.75, 3.05) is 58.3 Å². The Morgan fingerprint density at radius 1 is 0.305 bits per heavy atom. The fourth-order valence-corrected chi connectivity index (χ4v) is 14.2. The highest BCUT2D eigenvalue weighted by molar-refractivity contribution is 6.21. The maximum absolute atomic E-state index is 13.5. The molecule has 2 aromatic heterocycles. The number of esters is 8. The predicted octanol–water partition coefficient (Wildman–Crippen LogP) is 22.3. The van der Waals surface area contributed by atoms with Crippen molar-refractivity contribution in [1.29, 1.82) is 0 Å². The highest BCUT2D eigenvalue weighted by Gasteiger charge is 2.31. The van der Waals surface area contributed by atoms with Crippen LogP contribution in [0.15, 0.2) is 168 Å². The second-order valence-corrected chi connectivity index (χ2v) is 38.3. The van der Waals surface area contributed by atoms with Crippen molar-refractivity contribution in [3.8, 4) is 0 Å². The molecule has 2 amide bonds. The van der Waals surface area contributed by atoms with Gasteiger partial charge in [0, 0.05) is 45.2 Å². The SMILES string of the molecule is CCCCC(CC)COC(=O)c1ccc(Nc2nc(Nc3ccc(/C=C(\C(=O)NC(C)(C)C)C(=O)OCC)cc3)nc(Nc3ccc(/C=C(\C(=O)NC(C)(C)C)C(=O)OCC)cc3)n2)cc1.CCCCCOC(=O)c1ccc(Nc2nc(Nc3ccc(C=C(C(=O)OC(C)CC(C)C)C(=O)OC(C)CC(C)C)cc3)nc(Nc3ccc(C=C(C(=O)OC(C)CC(C)C)C(=O)OC(C)CC(C)C)cc3)n2)cc1. The van der Waals surface area contributed by atoms with E-state index in [1.54, 1.807) is 187 Å². The lowest BCUT2D eigenvalue weighted by molar-refractivity contribution is -0.154. The molecule has 0 aliphatic carbocycles. The third-order valence-corrected chi connectivity index (χ3v) is 20.7. The van der Waals surface area contributed by atoms with Gasteiger partial charge in [0.1, 0.15) is 22.3 Å². The summed E-state index contributed by atoms with van der Waals surface area (Å²) in [6.07, 6.45) is 13.7. The van der Waals surface area contributed by atoms with E-state index in [2.05, 4.69) is 93.2 Å². The minimum absolute atomic E-state index is 0.110. The summed E-state index contributed by atoms with van der Waals surface area (Å²) in [4.78, 5) is 159. The molecule has 5 unspecified atom stereocenters. The molecule has 0 radical (unpaired) electrons. The molecule has 32 nitrogen and oxygen atoms in total. The third kappa shape index (κ3) is 41.8. The molecule has 32 heteroatoms. The fraction of sp³-hybridized carbons (Fsp3) is 0.450. The Bertz CT molecular complexity index is 5250. The van der Waals surface area contributed by atoms with E-state index in [1.165, 1.54) is 24.3 Å². The normalized spacial score (nSPS) is 12.6. The first kappa shape index (κ1) is 114. The number of nitrogens with one attached hydrogen (secondary N) is 8. The number of anilines is 12. The van der Waals surface area contributed by atoms with Gasteiger partial charge in [-0.2, -0.15) is 29.9 Å². The largest absolute Gasteiger partial charge is 0.462 e. The van der Waals surface area contributed by atoms with Gasteiger partial charge in [-0.15, -0.1) is 0 Å². The zero-order valence-corrected chi connectivity index (χ0v) is 86.0. The third-order valence-electron chi connectivity index (χ3n) is 20.7. The summed E-state index contributed by atoms with van der Waals surface area (Å²) in [5.74, 6) is -4.04. The van der Waals surface area contributed by atoms with Gasteiger partial charge >= 0.3 is 47.8 Å². The predicted molar refractivity (Wildman–Crippen MR) is 552 cm³/mol. The van der Waals surface area contributed by atoms with Gasteiger partial charge in [-0.25, -0.2) is 38.4 Å². The lowest BCUT2D eigenvalue weighted by Gasteiger charge is -2.21. The molecule has 758 valence electrons. The van der Waals surface area contributed by atoms with Gasteiger partial charge in [0.25, 0.3) is 11.8 Å². The molecule has 8 N–H and O–H groups in total. The number of aromatic nitrogens is 6. The molecule has 0 spiro atoms. The quantitative estimate of drug-likeness (QED) is 0.00438. The lowest BCUT2D eigenvalue weighted by atomic mass is 10.0. The molecule has 0 aliphatic heterocycles. The van der Waals surface area contributed by atoms with Gasteiger partial charge < -0.3 is 80.4 Å². The van der Waals surface area contributed by atoms with Crippen molar-refractivity contribution >= 4 is 154 Å². The van der Waals surface area contributed by atoms with E-state index in [0.29, 0.717) is 112 Å². The van der Waals surface area contributed by atoms with E-state index < -0.39 is 95.1 Å². The van der Waals surface area contributed by atoms with Crippen LogP contribution < -0.4 is 42.5 Å². The van der Waals surface area contributed by atoms with Crippen LogP contribution in [-0.2, 0) is 76.3 Å². The first-order valence-electron chi connectivity index (χ1n) is 48.6. The Labute approximate surface area is 830 Å². The van der Waals surface area contributed by atoms with Crippen LogP contribution in [0.25, 0.3) is 24.3 Å². The van der Waals surface area contributed by atoms with Gasteiger partial charge in [-0.3, -0.25) is 9.59 Å². The van der Waals surface area contributed by atoms with Crippen molar-refractivity contribution in [3.63, 3.8) is 0 Å². The maximum Gasteiger partial charge on any atom is 0.345 e. The van der Waals surface area contributed by atoms with Crippen LogP contribution >= 0.6 is 0 Å². The molecule has 0 aliphatic rings. The van der Waals surface area contributed by atoms with Crippen LogP contribution in [0, 0.1) is 29.6 Å². The Morgan fingerprint density at radius 3 is 0.787 bits per heavy atom. The smallest absolute Gasteiger partial charge is 0.345 e. The van der Waals surface area contributed by atoms with Crippen LogP contribution in [0.2, 0.25) is 0 Å². The van der Waals surface area contributed by atoms with E-state index >= 15 is 0 Å². The number of carbonyl (C=O) groups excluding carboxylic acids is 10. The highest BCUT2D eigenvalue weighted by atomic mass is 16.6. The summed E-state index contributed by atoms with van der Waals surface area (Å²) >= 11 is 0.